The number of carbonyl (C=O) groups is 1. The van der Waals surface area contributed by atoms with E-state index in [0.29, 0.717) is 0 Å². The van der Waals surface area contributed by atoms with E-state index < -0.39 is 23.0 Å². The number of nitrogens with one attached hydrogen (secondary N) is 1. The number of benzene rings is 2. The van der Waals surface area contributed by atoms with Crippen LogP contribution in [-0.4, -0.2) is 22.5 Å². The summed E-state index contributed by atoms with van der Waals surface area (Å²) in [6.45, 7) is 0.108. The van der Waals surface area contributed by atoms with E-state index in [9.17, 15) is 18.8 Å². The summed E-state index contributed by atoms with van der Waals surface area (Å²) in [5, 5.41) is 0.0997. The third-order valence-electron chi connectivity index (χ3n) is 4.50. The van der Waals surface area contributed by atoms with Crippen LogP contribution in [0.1, 0.15) is 11.1 Å². The quantitative estimate of drug-likeness (QED) is 0.665. The van der Waals surface area contributed by atoms with Crippen molar-refractivity contribution in [3.63, 3.8) is 0 Å². The van der Waals surface area contributed by atoms with E-state index >= 15 is 0 Å². The van der Waals surface area contributed by atoms with Crippen LogP contribution < -0.4 is 21.9 Å². The highest BCUT2D eigenvalue weighted by atomic mass is 35.5. The molecule has 0 atom stereocenters. The summed E-state index contributed by atoms with van der Waals surface area (Å²) in [4.78, 5) is 40.4. The fourth-order valence-corrected chi connectivity index (χ4v) is 3.15. The molecule has 2 aromatic carbocycles. The number of nitrogens with zero attached hydrogens (tertiary/aromatic N) is 2. The highest BCUT2D eigenvalue weighted by Gasteiger charge is 2.23. The first-order chi connectivity index (χ1) is 13.8. The summed E-state index contributed by atoms with van der Waals surface area (Å²) < 4.78 is 15.2. The predicted molar refractivity (Wildman–Crippen MR) is 110 cm³/mol. The second-order valence-electron chi connectivity index (χ2n) is 6.39. The first-order valence-corrected chi connectivity index (χ1v) is 9.03. The predicted octanol–water partition coefficient (Wildman–Crippen LogP) is 2.17. The molecule has 3 aromatic rings. The van der Waals surface area contributed by atoms with Crippen LogP contribution in [0.15, 0.2) is 58.1 Å². The fourth-order valence-electron chi connectivity index (χ4n) is 2.92. The molecular weight excluding hydrogens is 399 g/mol. The number of likely N-dealkylation sites (N-methyl/N-ethyl adjacent to an activating group) is 1. The first-order valence-electron chi connectivity index (χ1n) is 8.65. The van der Waals surface area contributed by atoms with Gasteiger partial charge in [0.2, 0.25) is 5.91 Å². The molecule has 0 bridgehead atoms. The van der Waals surface area contributed by atoms with Crippen LogP contribution in [-0.2, 0) is 17.8 Å². The molecule has 9 heteroatoms. The number of rotatable bonds is 5. The molecule has 0 aliphatic carbocycles. The molecule has 3 rings (SSSR count). The minimum Gasteiger partial charge on any atom is -0.383 e. The Bertz CT molecular complexity index is 1150. The number of H-pyrrole nitrogens is 1. The van der Waals surface area contributed by atoms with E-state index in [2.05, 4.69) is 4.98 Å². The molecule has 3 N–H and O–H groups in total. The van der Waals surface area contributed by atoms with E-state index in [1.807, 2.05) is 6.07 Å². The van der Waals surface area contributed by atoms with Crippen LogP contribution in [0.2, 0.25) is 5.02 Å². The molecule has 0 aliphatic rings. The number of aromatic nitrogens is 2. The van der Waals surface area contributed by atoms with Crippen LogP contribution in [0.3, 0.4) is 0 Å². The molecule has 0 spiro atoms. The Morgan fingerprint density at radius 2 is 1.86 bits per heavy atom. The zero-order chi connectivity index (χ0) is 21.1. The van der Waals surface area contributed by atoms with Gasteiger partial charge in [0.25, 0.3) is 5.56 Å². The van der Waals surface area contributed by atoms with Gasteiger partial charge in [0.05, 0.1) is 13.0 Å². The van der Waals surface area contributed by atoms with Gasteiger partial charge in [0.15, 0.2) is 5.69 Å². The molecule has 0 unspecified atom stereocenters. The van der Waals surface area contributed by atoms with Crippen LogP contribution in [0.25, 0.3) is 0 Å². The third kappa shape index (κ3) is 4.22. The standard InChI is InChI=1S/C20H18ClFN4O3/c1-25(16(27)10-13-14(21)8-5-9-15(13)22)17-18(23)26(20(29)24-19(17)28)11-12-6-3-2-4-7-12/h2-9H,10-11,23H2,1H3,(H,24,28,29). The third-order valence-corrected chi connectivity index (χ3v) is 4.85. The normalized spacial score (nSPS) is 10.7. The maximum atomic E-state index is 14.0. The number of halogens is 2. The molecular formula is C20H18ClFN4O3. The average Bonchev–Trinajstić information content (AvgIpc) is 2.68. The van der Waals surface area contributed by atoms with Crippen molar-refractivity contribution in [2.75, 3.05) is 17.7 Å². The van der Waals surface area contributed by atoms with Gasteiger partial charge in [-0.05, 0) is 17.7 Å². The van der Waals surface area contributed by atoms with Crippen molar-refractivity contribution >= 4 is 29.0 Å². The lowest BCUT2D eigenvalue weighted by molar-refractivity contribution is -0.117. The highest BCUT2D eigenvalue weighted by Crippen LogP contribution is 2.22. The largest absolute Gasteiger partial charge is 0.383 e. The Morgan fingerprint density at radius 3 is 2.52 bits per heavy atom. The number of aromatic amines is 1. The second-order valence-corrected chi connectivity index (χ2v) is 6.80. The minimum atomic E-state index is -0.813. The van der Waals surface area contributed by atoms with Crippen LogP contribution in [0, 0.1) is 5.82 Å². The van der Waals surface area contributed by atoms with Crippen molar-refractivity contribution in [2.45, 2.75) is 13.0 Å². The molecule has 29 heavy (non-hydrogen) atoms. The molecule has 0 fully saturated rings. The van der Waals surface area contributed by atoms with Crippen LogP contribution >= 0.6 is 11.6 Å². The molecule has 0 saturated heterocycles. The smallest absolute Gasteiger partial charge is 0.330 e. The summed E-state index contributed by atoms with van der Waals surface area (Å²) in [6, 6.07) is 13.1. The maximum Gasteiger partial charge on any atom is 0.330 e. The topological polar surface area (TPSA) is 101 Å². The molecule has 1 aromatic heterocycles. The van der Waals surface area contributed by atoms with Crippen LogP contribution in [0.5, 0.6) is 0 Å². The number of anilines is 2. The van der Waals surface area contributed by atoms with E-state index in [1.165, 1.54) is 25.2 Å². The number of hydrogen-bond donors (Lipinski definition) is 2. The number of nitrogen functional groups attached to an aromatic ring is 1. The van der Waals surface area contributed by atoms with E-state index in [4.69, 9.17) is 17.3 Å². The monoisotopic (exact) mass is 416 g/mol. The summed E-state index contributed by atoms with van der Waals surface area (Å²) in [5.41, 5.74) is 5.16. The summed E-state index contributed by atoms with van der Waals surface area (Å²) in [5.74, 6) is -1.41. The number of nitrogens with two attached hydrogens (primary N) is 1. The van der Waals surface area contributed by atoms with E-state index in [-0.39, 0.29) is 35.1 Å². The van der Waals surface area contributed by atoms with Gasteiger partial charge in [-0.25, -0.2) is 9.18 Å². The molecule has 1 heterocycles. The van der Waals surface area contributed by atoms with Crippen molar-refractivity contribution in [2.24, 2.45) is 0 Å². The van der Waals surface area contributed by atoms with E-state index in [0.717, 1.165) is 15.0 Å². The number of carbonyl (C=O) groups excluding carboxylic acids is 1. The first kappa shape index (κ1) is 20.3. The Kier molecular flexibility index (Phi) is 5.84. The Hall–Kier alpha value is -3.39. The van der Waals surface area contributed by atoms with Crippen molar-refractivity contribution in [1.29, 1.82) is 0 Å². The lowest BCUT2D eigenvalue weighted by Gasteiger charge is -2.21. The number of amides is 1. The summed E-state index contributed by atoms with van der Waals surface area (Å²) in [6.07, 6.45) is -0.376. The van der Waals surface area contributed by atoms with Crippen LogP contribution in [0.4, 0.5) is 15.9 Å². The van der Waals surface area contributed by atoms with Gasteiger partial charge in [0.1, 0.15) is 11.6 Å². The van der Waals surface area contributed by atoms with Gasteiger partial charge >= 0.3 is 5.69 Å². The van der Waals surface area contributed by atoms with Crippen molar-refractivity contribution in [3.05, 3.63) is 91.3 Å². The van der Waals surface area contributed by atoms with Gasteiger partial charge in [-0.15, -0.1) is 0 Å². The summed E-state index contributed by atoms with van der Waals surface area (Å²) in [7, 11) is 1.33. The zero-order valence-electron chi connectivity index (χ0n) is 15.5. The average molecular weight is 417 g/mol. The molecule has 0 radical (unpaired) electrons. The Balaban J connectivity index is 1.97. The highest BCUT2D eigenvalue weighted by molar-refractivity contribution is 6.31. The van der Waals surface area contributed by atoms with Gasteiger partial charge in [-0.2, -0.15) is 0 Å². The van der Waals surface area contributed by atoms with Crippen molar-refractivity contribution in [3.8, 4) is 0 Å². The molecule has 1 amide bonds. The fraction of sp³-hybridized carbons (Fsp3) is 0.150. The number of hydrogen-bond acceptors (Lipinski definition) is 4. The van der Waals surface area contributed by atoms with Gasteiger partial charge in [-0.1, -0.05) is 48.0 Å². The molecule has 7 nitrogen and oxygen atoms in total. The minimum absolute atomic E-state index is 0.0126. The molecule has 0 saturated carbocycles. The van der Waals surface area contributed by atoms with Crippen molar-refractivity contribution in [1.82, 2.24) is 9.55 Å². The molecule has 0 aliphatic heterocycles. The summed E-state index contributed by atoms with van der Waals surface area (Å²) >= 11 is 5.97. The Labute approximate surface area is 170 Å². The SMILES string of the molecule is CN(C(=O)Cc1c(F)cccc1Cl)c1c(N)n(Cc2ccccc2)c(=O)[nH]c1=O. The second kappa shape index (κ2) is 8.32. The van der Waals surface area contributed by atoms with E-state index in [1.54, 1.807) is 24.3 Å². The zero-order valence-corrected chi connectivity index (χ0v) is 16.2. The lowest BCUT2D eigenvalue weighted by Crippen LogP contribution is -2.40. The Morgan fingerprint density at radius 1 is 1.17 bits per heavy atom. The van der Waals surface area contributed by atoms with Gasteiger partial charge < -0.3 is 10.6 Å². The maximum absolute atomic E-state index is 14.0. The van der Waals surface area contributed by atoms with Crippen molar-refractivity contribution < 1.29 is 9.18 Å². The molecule has 150 valence electrons. The van der Waals surface area contributed by atoms with Gasteiger partial charge in [-0.3, -0.25) is 19.1 Å². The van der Waals surface area contributed by atoms with Gasteiger partial charge in [0, 0.05) is 17.6 Å². The lowest BCUT2D eigenvalue weighted by atomic mass is 10.1.